The van der Waals surface area contributed by atoms with Crippen LogP contribution in [0.2, 0.25) is 0 Å². The second-order valence-corrected chi connectivity index (χ2v) is 8.75. The van der Waals surface area contributed by atoms with Crippen LogP contribution in [0.4, 0.5) is 4.39 Å². The number of allylic oxidation sites excluding steroid dienone is 1. The first-order valence-corrected chi connectivity index (χ1v) is 10.6. The van der Waals surface area contributed by atoms with Crippen molar-refractivity contribution < 1.29 is 9.50 Å². The molecule has 2 N–H and O–H groups in total. The van der Waals surface area contributed by atoms with Gasteiger partial charge in [-0.05, 0) is 50.3 Å². The molecule has 8 heteroatoms. The number of rotatable bonds is 4. The number of piperidine rings is 2. The summed E-state index contributed by atoms with van der Waals surface area (Å²) >= 11 is 0. The maximum absolute atomic E-state index is 15.4. The molecule has 0 amide bonds. The number of imidazole rings is 1. The van der Waals surface area contributed by atoms with Crippen molar-refractivity contribution in [1.29, 1.82) is 0 Å². The Bertz CT molecular complexity index is 1100. The first-order chi connectivity index (χ1) is 14.9. The standard InChI is InChI=1S/C23H25FN6O/c1-14(16-10-15-4-3-7-23(2,27-15)22(16)24)18-5-6-19(29-28-18)17-12-26-21(11-20(17)31)30-9-8-25-13-30/h5-6,8-9,11-13,15-16,22,27H,1,3-4,7,10H2,2H3,(H,26,31)/t15-,16+,22+,23+/m1/s1. The molecule has 3 aromatic heterocycles. The molecule has 7 nitrogen and oxygen atoms in total. The first kappa shape index (κ1) is 19.8. The van der Waals surface area contributed by atoms with Crippen LogP contribution in [0.25, 0.3) is 22.6 Å². The van der Waals surface area contributed by atoms with Gasteiger partial charge in [-0.25, -0.2) is 14.4 Å². The minimum absolute atomic E-state index is 0.0440. The molecular formula is C23H25FN6O. The highest BCUT2D eigenvalue weighted by molar-refractivity contribution is 5.69. The SMILES string of the molecule is C=C(c1ccc(-c2cnc(-n3ccnc3)cc2O)nn1)[C@@H]1C[C@H]2CCC[C@](C)(N2)[C@H]1F. The van der Waals surface area contributed by atoms with E-state index < -0.39 is 11.7 Å². The van der Waals surface area contributed by atoms with Crippen LogP contribution in [-0.2, 0) is 0 Å². The summed E-state index contributed by atoms with van der Waals surface area (Å²) in [6, 6.07) is 5.42. The molecule has 5 heterocycles. The van der Waals surface area contributed by atoms with Gasteiger partial charge >= 0.3 is 0 Å². The molecule has 4 atom stereocenters. The van der Waals surface area contributed by atoms with Crippen LogP contribution in [0.3, 0.4) is 0 Å². The number of hydrogen-bond acceptors (Lipinski definition) is 6. The van der Waals surface area contributed by atoms with Crippen LogP contribution in [0, 0.1) is 5.92 Å². The highest BCUT2D eigenvalue weighted by Gasteiger charge is 2.48. The van der Waals surface area contributed by atoms with Gasteiger partial charge in [-0.2, -0.15) is 5.10 Å². The predicted molar refractivity (Wildman–Crippen MR) is 115 cm³/mol. The van der Waals surface area contributed by atoms with Crippen LogP contribution < -0.4 is 5.32 Å². The summed E-state index contributed by atoms with van der Waals surface area (Å²) in [7, 11) is 0. The van der Waals surface area contributed by atoms with Crippen LogP contribution in [-0.4, -0.2) is 47.6 Å². The zero-order valence-corrected chi connectivity index (χ0v) is 17.4. The number of nitrogens with one attached hydrogen (secondary N) is 1. The van der Waals surface area contributed by atoms with Crippen molar-refractivity contribution in [3.05, 3.63) is 55.4 Å². The highest BCUT2D eigenvalue weighted by Crippen LogP contribution is 2.43. The maximum Gasteiger partial charge on any atom is 0.141 e. The average molecular weight is 420 g/mol. The molecule has 2 fully saturated rings. The molecule has 31 heavy (non-hydrogen) atoms. The van der Waals surface area contributed by atoms with E-state index in [0.29, 0.717) is 34.4 Å². The molecule has 2 aliphatic heterocycles. The lowest BCUT2D eigenvalue weighted by molar-refractivity contribution is 0.0324. The molecule has 2 aliphatic rings. The molecule has 0 radical (unpaired) electrons. The van der Waals surface area contributed by atoms with E-state index in [9.17, 15) is 5.11 Å². The summed E-state index contributed by atoms with van der Waals surface area (Å²) in [5, 5.41) is 22.5. The first-order valence-electron chi connectivity index (χ1n) is 10.6. The minimum Gasteiger partial charge on any atom is -0.507 e. The number of fused-ring (bicyclic) bond motifs is 2. The Morgan fingerprint density at radius 1 is 1.35 bits per heavy atom. The van der Waals surface area contributed by atoms with Crippen LogP contribution in [0.1, 0.15) is 38.3 Å². The third-order valence-electron chi connectivity index (χ3n) is 6.64. The van der Waals surface area contributed by atoms with Crippen molar-refractivity contribution in [3.8, 4) is 22.8 Å². The smallest absolute Gasteiger partial charge is 0.141 e. The largest absolute Gasteiger partial charge is 0.507 e. The third kappa shape index (κ3) is 3.50. The molecule has 0 aliphatic carbocycles. The Hall–Kier alpha value is -3.13. The quantitative estimate of drug-likeness (QED) is 0.669. The van der Waals surface area contributed by atoms with Crippen molar-refractivity contribution in [3.63, 3.8) is 0 Å². The Labute approximate surface area is 180 Å². The Balaban J connectivity index is 1.37. The van der Waals surface area contributed by atoms with Crippen molar-refractivity contribution in [1.82, 2.24) is 30.0 Å². The van der Waals surface area contributed by atoms with E-state index in [1.165, 1.54) is 0 Å². The number of aromatic hydroxyl groups is 1. The molecule has 0 spiro atoms. The lowest BCUT2D eigenvalue weighted by Crippen LogP contribution is -2.63. The number of nitrogens with zero attached hydrogens (tertiary/aromatic N) is 5. The molecule has 0 unspecified atom stereocenters. The van der Waals surface area contributed by atoms with E-state index >= 15 is 4.39 Å². The molecule has 0 saturated carbocycles. The lowest BCUT2D eigenvalue weighted by Gasteiger charge is -2.50. The van der Waals surface area contributed by atoms with Gasteiger partial charge in [0.1, 0.15) is 24.1 Å². The predicted octanol–water partition coefficient (Wildman–Crippen LogP) is 3.70. The third-order valence-corrected chi connectivity index (χ3v) is 6.64. The number of hydrogen-bond donors (Lipinski definition) is 2. The minimum atomic E-state index is -1.01. The Morgan fingerprint density at radius 3 is 2.94 bits per heavy atom. The van der Waals surface area contributed by atoms with Gasteiger partial charge in [0, 0.05) is 42.2 Å². The average Bonchev–Trinajstić information content (AvgIpc) is 3.31. The van der Waals surface area contributed by atoms with E-state index in [-0.39, 0.29) is 11.7 Å². The summed E-state index contributed by atoms with van der Waals surface area (Å²) in [6.07, 6.45) is 9.21. The maximum atomic E-state index is 15.4. The van der Waals surface area contributed by atoms with Gasteiger partial charge in [0.05, 0.1) is 17.0 Å². The van der Waals surface area contributed by atoms with Gasteiger partial charge in [0.25, 0.3) is 0 Å². The summed E-state index contributed by atoms with van der Waals surface area (Å²) in [5.41, 5.74) is 1.73. The highest BCUT2D eigenvalue weighted by atomic mass is 19.1. The van der Waals surface area contributed by atoms with Crippen LogP contribution >= 0.6 is 0 Å². The molecule has 2 saturated heterocycles. The van der Waals surface area contributed by atoms with Gasteiger partial charge in [-0.15, -0.1) is 5.10 Å². The molecule has 160 valence electrons. The van der Waals surface area contributed by atoms with Crippen LogP contribution in [0.5, 0.6) is 5.75 Å². The van der Waals surface area contributed by atoms with Gasteiger partial charge < -0.3 is 10.4 Å². The van der Waals surface area contributed by atoms with Gasteiger partial charge in [0.15, 0.2) is 0 Å². The lowest BCUT2D eigenvalue weighted by atomic mass is 9.69. The second-order valence-electron chi connectivity index (χ2n) is 8.75. The molecular weight excluding hydrogens is 395 g/mol. The number of aromatic nitrogens is 5. The van der Waals surface area contributed by atoms with E-state index in [1.807, 2.05) is 6.92 Å². The number of alkyl halides is 1. The van der Waals surface area contributed by atoms with Gasteiger partial charge in [-0.1, -0.05) is 6.58 Å². The van der Waals surface area contributed by atoms with Crippen molar-refractivity contribution in [2.75, 3.05) is 0 Å². The molecule has 0 aromatic carbocycles. The fraction of sp³-hybridized carbons (Fsp3) is 0.391. The van der Waals surface area contributed by atoms with E-state index in [2.05, 4.69) is 32.1 Å². The Morgan fingerprint density at radius 2 is 2.23 bits per heavy atom. The summed E-state index contributed by atoms with van der Waals surface area (Å²) in [4.78, 5) is 8.34. The summed E-state index contributed by atoms with van der Waals surface area (Å²) in [5.74, 6) is 0.319. The fourth-order valence-electron chi connectivity index (χ4n) is 4.91. The Kier molecular flexibility index (Phi) is 4.81. The summed E-state index contributed by atoms with van der Waals surface area (Å²) < 4.78 is 17.1. The zero-order valence-electron chi connectivity index (χ0n) is 17.4. The fourth-order valence-corrected chi connectivity index (χ4v) is 4.91. The van der Waals surface area contributed by atoms with Crippen molar-refractivity contribution >= 4 is 5.57 Å². The van der Waals surface area contributed by atoms with E-state index in [0.717, 1.165) is 25.7 Å². The van der Waals surface area contributed by atoms with E-state index in [4.69, 9.17) is 0 Å². The molecule has 2 bridgehead atoms. The molecule has 3 aromatic rings. The van der Waals surface area contributed by atoms with Crippen molar-refractivity contribution in [2.24, 2.45) is 5.92 Å². The number of halogens is 1. The molecule has 5 rings (SSSR count). The second kappa shape index (κ2) is 7.53. The van der Waals surface area contributed by atoms with Gasteiger partial charge in [0.2, 0.25) is 0 Å². The van der Waals surface area contributed by atoms with E-state index in [1.54, 1.807) is 47.7 Å². The normalized spacial score (nSPS) is 27.7. The summed E-state index contributed by atoms with van der Waals surface area (Å²) in [6.45, 7) is 6.15. The monoisotopic (exact) mass is 420 g/mol. The number of pyridine rings is 1. The van der Waals surface area contributed by atoms with Crippen molar-refractivity contribution in [2.45, 2.75) is 50.4 Å². The topological polar surface area (TPSA) is 88.8 Å². The van der Waals surface area contributed by atoms with Crippen LogP contribution in [0.15, 0.2) is 49.7 Å². The zero-order chi connectivity index (χ0) is 21.6. The van der Waals surface area contributed by atoms with Gasteiger partial charge in [-0.3, -0.25) is 4.57 Å².